The highest BCUT2D eigenvalue weighted by Gasteiger charge is 2.43. The highest BCUT2D eigenvalue weighted by molar-refractivity contribution is 6.30. The Kier molecular flexibility index (Phi) is 5.18. The van der Waals surface area contributed by atoms with Crippen molar-refractivity contribution in [3.8, 4) is 5.75 Å². The molecule has 1 N–H and O–H groups in total. The van der Waals surface area contributed by atoms with Crippen LogP contribution in [0.1, 0.15) is 11.7 Å². The van der Waals surface area contributed by atoms with Gasteiger partial charge in [0, 0.05) is 28.5 Å². The van der Waals surface area contributed by atoms with E-state index in [1.165, 1.54) is 4.90 Å². The van der Waals surface area contributed by atoms with Crippen LogP contribution >= 0.6 is 11.6 Å². The van der Waals surface area contributed by atoms with Gasteiger partial charge in [-0.05, 0) is 48.5 Å². The molecule has 0 saturated heterocycles. The van der Waals surface area contributed by atoms with Gasteiger partial charge in [-0.2, -0.15) is 4.57 Å². The Bertz CT molecular complexity index is 1050. The van der Waals surface area contributed by atoms with Crippen molar-refractivity contribution in [3.05, 3.63) is 83.6 Å². The quantitative estimate of drug-likeness (QED) is 0.673. The molecule has 0 aliphatic carbocycles. The van der Waals surface area contributed by atoms with Crippen LogP contribution in [0.15, 0.2) is 72.9 Å². The van der Waals surface area contributed by atoms with Crippen molar-refractivity contribution < 1.29 is 18.9 Å². The van der Waals surface area contributed by atoms with Gasteiger partial charge in [-0.1, -0.05) is 17.7 Å². The van der Waals surface area contributed by atoms with Gasteiger partial charge >= 0.3 is 0 Å². The first kappa shape index (κ1) is 19.0. The molecule has 1 aromatic heterocycles. The van der Waals surface area contributed by atoms with E-state index in [-0.39, 0.29) is 18.4 Å². The summed E-state index contributed by atoms with van der Waals surface area (Å²) < 4.78 is 6.95. The average molecular weight is 409 g/mol. The lowest BCUT2D eigenvalue weighted by Crippen LogP contribution is -2.58. The zero-order chi connectivity index (χ0) is 20.4. The molecule has 0 unspecified atom stereocenters. The number of fused-ring (bicyclic) bond motifs is 1. The molecule has 2 amide bonds. The number of anilines is 2. The number of hydrogen-bond acceptors (Lipinski definition) is 3. The topological polar surface area (TPSA) is 62.5 Å². The van der Waals surface area contributed by atoms with E-state index in [9.17, 15) is 9.59 Å². The number of hydrogen-bond donors (Lipinski definition) is 1. The van der Waals surface area contributed by atoms with Crippen LogP contribution in [0.5, 0.6) is 5.75 Å². The minimum absolute atomic E-state index is 0.158. The maximum Gasteiger partial charge on any atom is 0.294 e. The normalized spacial score (nSPS) is 15.6. The summed E-state index contributed by atoms with van der Waals surface area (Å²) in [6, 6.07) is 18.7. The fourth-order valence-corrected chi connectivity index (χ4v) is 3.54. The number of carbonyl (C=O) groups is 2. The maximum atomic E-state index is 13.3. The fourth-order valence-electron chi connectivity index (χ4n) is 3.41. The highest BCUT2D eigenvalue weighted by atomic mass is 35.5. The van der Waals surface area contributed by atoms with E-state index in [2.05, 4.69) is 5.32 Å². The van der Waals surface area contributed by atoms with Crippen molar-refractivity contribution in [2.24, 2.45) is 0 Å². The van der Waals surface area contributed by atoms with E-state index in [1.807, 2.05) is 18.2 Å². The van der Waals surface area contributed by atoms with Gasteiger partial charge in [0.2, 0.25) is 18.3 Å². The fraction of sp³-hybridized carbons (Fsp3) is 0.136. The predicted molar refractivity (Wildman–Crippen MR) is 110 cm³/mol. The Labute approximate surface area is 173 Å². The summed E-state index contributed by atoms with van der Waals surface area (Å²) in [5.41, 5.74) is 1.96. The Morgan fingerprint density at radius 2 is 1.83 bits per heavy atom. The molecular formula is C22H19ClN3O3+. The molecule has 1 atom stereocenters. The molecule has 3 aromatic rings. The van der Waals surface area contributed by atoms with E-state index in [0.29, 0.717) is 22.1 Å². The molecule has 0 bridgehead atoms. The Hall–Kier alpha value is -3.38. The van der Waals surface area contributed by atoms with E-state index in [4.69, 9.17) is 16.3 Å². The molecule has 0 spiro atoms. The van der Waals surface area contributed by atoms with Crippen LogP contribution < -0.4 is 19.5 Å². The third-order valence-electron chi connectivity index (χ3n) is 4.80. The zero-order valence-electron chi connectivity index (χ0n) is 15.7. The van der Waals surface area contributed by atoms with Gasteiger partial charge in [0.1, 0.15) is 5.75 Å². The van der Waals surface area contributed by atoms with E-state index in [1.54, 1.807) is 66.4 Å². The number of halogens is 1. The smallest absolute Gasteiger partial charge is 0.294 e. The van der Waals surface area contributed by atoms with E-state index in [0.717, 1.165) is 5.69 Å². The number of pyridine rings is 1. The minimum Gasteiger partial charge on any atom is -0.497 e. The Morgan fingerprint density at radius 3 is 2.52 bits per heavy atom. The van der Waals surface area contributed by atoms with Gasteiger partial charge in [-0.3, -0.25) is 14.5 Å². The molecule has 0 saturated carbocycles. The molecule has 6 nitrogen and oxygen atoms in total. The number of nitrogens with zero attached hydrogens (tertiary/aromatic N) is 2. The van der Waals surface area contributed by atoms with Crippen molar-refractivity contribution in [2.75, 3.05) is 17.3 Å². The molecule has 2 heterocycles. The van der Waals surface area contributed by atoms with Crippen molar-refractivity contribution in [2.45, 2.75) is 12.6 Å². The summed E-state index contributed by atoms with van der Waals surface area (Å²) in [5.74, 6) is 0.212. The Morgan fingerprint density at radius 1 is 1.10 bits per heavy atom. The van der Waals surface area contributed by atoms with Crippen molar-refractivity contribution in [3.63, 3.8) is 0 Å². The predicted octanol–water partition coefficient (Wildman–Crippen LogP) is 3.36. The highest BCUT2D eigenvalue weighted by Crippen LogP contribution is 2.31. The second-order valence-corrected chi connectivity index (χ2v) is 7.05. The van der Waals surface area contributed by atoms with Crippen LogP contribution in [0.3, 0.4) is 0 Å². The van der Waals surface area contributed by atoms with Crippen molar-refractivity contribution in [1.29, 1.82) is 0 Å². The zero-order valence-corrected chi connectivity index (χ0v) is 16.5. The summed E-state index contributed by atoms with van der Waals surface area (Å²) in [5, 5.41) is 3.47. The van der Waals surface area contributed by atoms with Crippen LogP contribution in [0, 0.1) is 0 Å². The standard InChI is InChI=1S/C22H18ClN3O3/c1-29-18-11-7-16(8-12-18)24-22(28)21-19-4-2-3-13-25(19)14-20(27)26(21)17-9-5-15(23)6-10-17/h2-13,21H,14H2,1H3/p+1/t21-/m0/s1. The van der Waals surface area contributed by atoms with Crippen LogP contribution in [-0.4, -0.2) is 18.9 Å². The number of rotatable bonds is 4. The molecule has 0 radical (unpaired) electrons. The molecule has 29 heavy (non-hydrogen) atoms. The molecule has 7 heteroatoms. The summed E-state index contributed by atoms with van der Waals surface area (Å²) in [4.78, 5) is 27.8. The molecule has 2 aromatic carbocycles. The van der Waals surface area contributed by atoms with Gasteiger partial charge in [0.15, 0.2) is 6.20 Å². The molecule has 1 aliphatic rings. The lowest BCUT2D eigenvalue weighted by atomic mass is 10.0. The van der Waals surface area contributed by atoms with Crippen molar-refractivity contribution in [1.82, 2.24) is 0 Å². The average Bonchev–Trinajstić information content (AvgIpc) is 2.74. The van der Waals surface area contributed by atoms with Gasteiger partial charge in [-0.25, -0.2) is 0 Å². The SMILES string of the molecule is COc1ccc(NC(=O)[C@@H]2c3cccc[n+]3CC(=O)N2c2ccc(Cl)cc2)cc1. The lowest BCUT2D eigenvalue weighted by molar-refractivity contribution is -0.695. The molecule has 1 aliphatic heterocycles. The Balaban J connectivity index is 1.73. The minimum atomic E-state index is -0.819. The summed E-state index contributed by atoms with van der Waals surface area (Å²) in [7, 11) is 1.58. The third-order valence-corrected chi connectivity index (χ3v) is 5.05. The van der Waals surface area contributed by atoms with Crippen LogP contribution in [-0.2, 0) is 16.1 Å². The number of ether oxygens (including phenoxy) is 1. The molecular weight excluding hydrogens is 390 g/mol. The largest absolute Gasteiger partial charge is 0.497 e. The van der Waals surface area contributed by atoms with Gasteiger partial charge in [0.05, 0.1) is 7.11 Å². The molecule has 0 fully saturated rings. The number of carbonyl (C=O) groups excluding carboxylic acids is 2. The van der Waals surface area contributed by atoms with Gasteiger partial charge in [-0.15, -0.1) is 0 Å². The third kappa shape index (κ3) is 3.79. The van der Waals surface area contributed by atoms with Crippen molar-refractivity contribution >= 4 is 34.8 Å². The number of amides is 2. The van der Waals surface area contributed by atoms with E-state index >= 15 is 0 Å². The molecule has 4 rings (SSSR count). The van der Waals surface area contributed by atoms with Gasteiger partial charge < -0.3 is 10.1 Å². The summed E-state index contributed by atoms with van der Waals surface area (Å²) in [6.45, 7) is 0.158. The second-order valence-electron chi connectivity index (χ2n) is 6.61. The maximum absolute atomic E-state index is 13.3. The molecule has 146 valence electrons. The second kappa shape index (κ2) is 7.93. The van der Waals surface area contributed by atoms with E-state index < -0.39 is 6.04 Å². The summed E-state index contributed by atoms with van der Waals surface area (Å²) in [6.07, 6.45) is 1.81. The van der Waals surface area contributed by atoms with Crippen LogP contribution in [0.2, 0.25) is 5.02 Å². The van der Waals surface area contributed by atoms with Gasteiger partial charge in [0.25, 0.3) is 11.8 Å². The number of aromatic nitrogens is 1. The number of benzene rings is 2. The summed E-state index contributed by atoms with van der Waals surface area (Å²) >= 11 is 6.00. The monoisotopic (exact) mass is 408 g/mol. The van der Waals surface area contributed by atoms with Crippen LogP contribution in [0.4, 0.5) is 11.4 Å². The first-order valence-corrected chi connectivity index (χ1v) is 9.45. The number of methoxy groups -OCH3 is 1. The number of nitrogens with one attached hydrogen (secondary N) is 1. The van der Waals surface area contributed by atoms with Crippen LogP contribution in [0.25, 0.3) is 0 Å². The first-order chi connectivity index (χ1) is 14.1. The lowest BCUT2D eigenvalue weighted by Gasteiger charge is -2.32. The first-order valence-electron chi connectivity index (χ1n) is 9.08.